The predicted molar refractivity (Wildman–Crippen MR) is 76.2 cm³/mol. The van der Waals surface area contributed by atoms with Gasteiger partial charge in [-0.1, -0.05) is 13.8 Å². The number of nitrogens with one attached hydrogen (secondary N) is 1. The summed E-state index contributed by atoms with van der Waals surface area (Å²) in [6, 6.07) is -0.0383. The molecular formula is C14H24N4O2. The number of carbonyl (C=O) groups is 1. The highest BCUT2D eigenvalue weighted by molar-refractivity contribution is 5.74. The zero-order valence-corrected chi connectivity index (χ0v) is 12.5. The van der Waals surface area contributed by atoms with Crippen molar-refractivity contribution in [2.45, 2.75) is 32.9 Å². The van der Waals surface area contributed by atoms with Gasteiger partial charge in [-0.05, 0) is 12.3 Å². The fourth-order valence-corrected chi connectivity index (χ4v) is 2.21. The van der Waals surface area contributed by atoms with Gasteiger partial charge in [0.25, 0.3) is 0 Å². The van der Waals surface area contributed by atoms with E-state index in [0.29, 0.717) is 19.0 Å². The maximum Gasteiger partial charge on any atom is 0.317 e. The Balaban J connectivity index is 1.73. The zero-order chi connectivity index (χ0) is 14.5. The molecule has 1 aromatic heterocycles. The molecule has 1 atom stereocenters. The van der Waals surface area contributed by atoms with Crippen molar-refractivity contribution in [2.24, 2.45) is 13.0 Å². The van der Waals surface area contributed by atoms with Gasteiger partial charge in [-0.3, -0.25) is 0 Å². The van der Waals surface area contributed by atoms with E-state index in [0.717, 1.165) is 25.4 Å². The number of likely N-dealkylation sites (tertiary alicyclic amines) is 1. The largest absolute Gasteiger partial charge is 0.376 e. The molecule has 112 valence electrons. The first kappa shape index (κ1) is 14.8. The van der Waals surface area contributed by atoms with Crippen molar-refractivity contribution >= 4 is 6.03 Å². The molecule has 2 amide bonds. The highest BCUT2D eigenvalue weighted by atomic mass is 16.5. The summed E-state index contributed by atoms with van der Waals surface area (Å²) in [5.74, 6) is 1.38. The zero-order valence-electron chi connectivity index (χ0n) is 12.5. The Labute approximate surface area is 120 Å². The number of aryl methyl sites for hydroxylation is 1. The lowest BCUT2D eigenvalue weighted by atomic mass is 10.2. The summed E-state index contributed by atoms with van der Waals surface area (Å²) < 4.78 is 7.68. The predicted octanol–water partition coefficient (Wildman–Crippen LogP) is 1.38. The summed E-state index contributed by atoms with van der Waals surface area (Å²) >= 11 is 0. The van der Waals surface area contributed by atoms with Crippen LogP contribution in [0.3, 0.4) is 0 Å². The topological polar surface area (TPSA) is 59.4 Å². The molecule has 0 aliphatic carbocycles. The fourth-order valence-electron chi connectivity index (χ4n) is 2.21. The van der Waals surface area contributed by atoms with Gasteiger partial charge in [0, 0.05) is 39.1 Å². The lowest BCUT2D eigenvalue weighted by Gasteiger charge is -2.18. The van der Waals surface area contributed by atoms with Crippen molar-refractivity contribution in [3.63, 3.8) is 0 Å². The van der Waals surface area contributed by atoms with E-state index in [4.69, 9.17) is 4.74 Å². The first-order valence-electron chi connectivity index (χ1n) is 7.17. The van der Waals surface area contributed by atoms with Crippen molar-refractivity contribution in [1.82, 2.24) is 19.8 Å². The van der Waals surface area contributed by atoms with Gasteiger partial charge in [-0.25, -0.2) is 9.78 Å². The molecule has 1 aliphatic rings. The van der Waals surface area contributed by atoms with E-state index in [1.807, 2.05) is 22.7 Å². The van der Waals surface area contributed by atoms with Crippen molar-refractivity contribution in [3.05, 3.63) is 18.2 Å². The normalized spacial score (nSPS) is 18.8. The summed E-state index contributed by atoms with van der Waals surface area (Å²) in [7, 11) is 1.92. The smallest absolute Gasteiger partial charge is 0.317 e. The van der Waals surface area contributed by atoms with Crippen LogP contribution in [0.2, 0.25) is 0 Å². The number of amides is 2. The Morgan fingerprint density at radius 3 is 3.05 bits per heavy atom. The van der Waals surface area contributed by atoms with Crippen LogP contribution in [0.1, 0.15) is 26.1 Å². The second kappa shape index (κ2) is 6.74. The number of hydrogen-bond donors (Lipinski definition) is 1. The summed E-state index contributed by atoms with van der Waals surface area (Å²) in [4.78, 5) is 18.1. The van der Waals surface area contributed by atoms with Crippen molar-refractivity contribution in [2.75, 3.05) is 19.7 Å². The summed E-state index contributed by atoms with van der Waals surface area (Å²) in [5, 5.41) is 2.90. The third kappa shape index (κ3) is 3.96. The van der Waals surface area contributed by atoms with Crippen LogP contribution in [0.25, 0.3) is 0 Å². The molecule has 1 N–H and O–H groups in total. The molecular weight excluding hydrogens is 256 g/mol. The first-order valence-corrected chi connectivity index (χ1v) is 7.17. The highest BCUT2D eigenvalue weighted by Gasteiger charge is 2.26. The van der Waals surface area contributed by atoms with Gasteiger partial charge in [0.1, 0.15) is 5.82 Å². The van der Waals surface area contributed by atoms with Crippen LogP contribution in [0, 0.1) is 5.92 Å². The molecule has 1 aromatic rings. The van der Waals surface area contributed by atoms with Gasteiger partial charge in [0.2, 0.25) is 0 Å². The molecule has 0 saturated carbocycles. The third-order valence-corrected chi connectivity index (χ3v) is 3.42. The monoisotopic (exact) mass is 280 g/mol. The van der Waals surface area contributed by atoms with Crippen LogP contribution in [0.5, 0.6) is 0 Å². The lowest BCUT2D eigenvalue weighted by molar-refractivity contribution is 0.0436. The third-order valence-electron chi connectivity index (χ3n) is 3.42. The average Bonchev–Trinajstić information content (AvgIpc) is 3.02. The van der Waals surface area contributed by atoms with Gasteiger partial charge >= 0.3 is 6.03 Å². The Bertz CT molecular complexity index is 444. The van der Waals surface area contributed by atoms with Gasteiger partial charge in [-0.15, -0.1) is 0 Å². The van der Waals surface area contributed by atoms with E-state index in [-0.39, 0.29) is 12.1 Å². The molecule has 6 heteroatoms. The van der Waals surface area contributed by atoms with E-state index in [1.54, 1.807) is 6.20 Å². The standard InChI is InChI=1S/C14H24N4O2/c1-11(2)10-20-12-4-6-18(9-12)14(19)16-8-13-15-5-7-17(13)3/h5,7,11-12H,4,6,8-10H2,1-3H3,(H,16,19). The number of carbonyl (C=O) groups excluding carboxylic acids is 1. The quantitative estimate of drug-likeness (QED) is 0.886. The minimum Gasteiger partial charge on any atom is -0.376 e. The van der Waals surface area contributed by atoms with Crippen LogP contribution in [0.4, 0.5) is 4.79 Å². The van der Waals surface area contributed by atoms with Crippen LogP contribution in [-0.4, -0.2) is 46.3 Å². The average molecular weight is 280 g/mol. The minimum atomic E-state index is -0.0383. The van der Waals surface area contributed by atoms with E-state index < -0.39 is 0 Å². The maximum absolute atomic E-state index is 12.1. The molecule has 0 bridgehead atoms. The van der Waals surface area contributed by atoms with E-state index in [9.17, 15) is 4.79 Å². The van der Waals surface area contributed by atoms with E-state index in [2.05, 4.69) is 24.1 Å². The number of rotatable bonds is 5. The number of imidazole rings is 1. The maximum atomic E-state index is 12.1. The summed E-state index contributed by atoms with van der Waals surface area (Å²) in [6.07, 6.45) is 4.69. The van der Waals surface area contributed by atoms with Gasteiger partial charge in [0.15, 0.2) is 0 Å². The Morgan fingerprint density at radius 2 is 2.40 bits per heavy atom. The van der Waals surface area contributed by atoms with Crippen molar-refractivity contribution in [1.29, 1.82) is 0 Å². The number of aromatic nitrogens is 2. The molecule has 0 aromatic carbocycles. The number of ether oxygens (including phenoxy) is 1. The minimum absolute atomic E-state index is 0.0383. The van der Waals surface area contributed by atoms with E-state index in [1.165, 1.54) is 0 Å². The molecule has 20 heavy (non-hydrogen) atoms. The van der Waals surface area contributed by atoms with E-state index >= 15 is 0 Å². The number of nitrogens with zero attached hydrogens (tertiary/aromatic N) is 3. The van der Waals surface area contributed by atoms with Crippen LogP contribution < -0.4 is 5.32 Å². The Morgan fingerprint density at radius 1 is 1.60 bits per heavy atom. The molecule has 1 aliphatic heterocycles. The van der Waals surface area contributed by atoms with Crippen molar-refractivity contribution in [3.8, 4) is 0 Å². The van der Waals surface area contributed by atoms with Crippen molar-refractivity contribution < 1.29 is 9.53 Å². The van der Waals surface area contributed by atoms with Gasteiger partial charge < -0.3 is 19.5 Å². The second-order valence-electron chi connectivity index (χ2n) is 5.70. The Hall–Kier alpha value is -1.56. The Kier molecular flexibility index (Phi) is 5.00. The summed E-state index contributed by atoms with van der Waals surface area (Å²) in [6.45, 7) is 6.91. The fraction of sp³-hybridized carbons (Fsp3) is 0.714. The molecule has 0 spiro atoms. The number of hydrogen-bond acceptors (Lipinski definition) is 3. The SMILES string of the molecule is CC(C)COC1CCN(C(=O)NCc2nccn2C)C1. The van der Waals surface area contributed by atoms with Gasteiger partial charge in [0.05, 0.1) is 12.6 Å². The highest BCUT2D eigenvalue weighted by Crippen LogP contribution is 2.13. The first-order chi connectivity index (χ1) is 9.56. The molecule has 1 fully saturated rings. The van der Waals surface area contributed by atoms with Gasteiger partial charge in [-0.2, -0.15) is 0 Å². The lowest BCUT2D eigenvalue weighted by Crippen LogP contribution is -2.39. The molecule has 0 radical (unpaired) electrons. The molecule has 1 unspecified atom stereocenters. The molecule has 1 saturated heterocycles. The van der Waals surface area contributed by atoms with Crippen LogP contribution in [-0.2, 0) is 18.3 Å². The molecule has 2 rings (SSSR count). The van der Waals surface area contributed by atoms with Crippen LogP contribution >= 0.6 is 0 Å². The molecule has 6 nitrogen and oxygen atoms in total. The summed E-state index contributed by atoms with van der Waals surface area (Å²) in [5.41, 5.74) is 0. The van der Waals surface area contributed by atoms with Crippen LogP contribution in [0.15, 0.2) is 12.4 Å². The second-order valence-corrected chi connectivity index (χ2v) is 5.70. The molecule has 2 heterocycles. The number of urea groups is 1.